The standard InChI is InChI=1S/C25H34F4N2O2/c1-3-25(28,29)15-31-9-4-16(5-10-31)19-12-17(19)6-11-33-18-13-20(26)22(21(27)14-18)23(32)30-24(2)7-8-24/h13-14,16-17,19H,3-12,15H2,1-2H3,(H,30,32)/t17?,19-/m1/s1. The third-order valence-corrected chi connectivity index (χ3v) is 7.60. The van der Waals surface area contributed by atoms with E-state index in [0.717, 1.165) is 63.7 Å². The summed E-state index contributed by atoms with van der Waals surface area (Å²) in [6, 6.07) is 2.14. The number of halogens is 4. The molecule has 1 N–H and O–H groups in total. The zero-order chi connectivity index (χ0) is 23.8. The Kier molecular flexibility index (Phi) is 6.95. The zero-order valence-corrected chi connectivity index (χ0v) is 19.4. The average Bonchev–Trinajstić information content (AvgIpc) is 3.66. The molecule has 1 amide bonds. The summed E-state index contributed by atoms with van der Waals surface area (Å²) >= 11 is 0. The number of carbonyl (C=O) groups is 1. The number of amides is 1. The minimum absolute atomic E-state index is 0.0848. The van der Waals surface area contributed by atoms with Crippen molar-refractivity contribution in [2.24, 2.45) is 17.8 Å². The zero-order valence-electron chi connectivity index (χ0n) is 19.4. The number of alkyl halides is 2. The highest BCUT2D eigenvalue weighted by atomic mass is 19.3. The first-order valence-corrected chi connectivity index (χ1v) is 12.1. The van der Waals surface area contributed by atoms with E-state index in [1.54, 1.807) is 0 Å². The summed E-state index contributed by atoms with van der Waals surface area (Å²) in [5.74, 6) is -3.44. The van der Waals surface area contributed by atoms with Gasteiger partial charge in [-0.3, -0.25) is 9.69 Å². The Balaban J connectivity index is 1.19. The van der Waals surface area contributed by atoms with E-state index in [4.69, 9.17) is 4.74 Å². The summed E-state index contributed by atoms with van der Waals surface area (Å²) in [7, 11) is 0. The Morgan fingerprint density at radius 3 is 2.42 bits per heavy atom. The van der Waals surface area contributed by atoms with Crippen LogP contribution in [0.1, 0.15) is 69.2 Å². The van der Waals surface area contributed by atoms with Crippen LogP contribution in [-0.4, -0.2) is 48.5 Å². The van der Waals surface area contributed by atoms with Crippen LogP contribution < -0.4 is 10.1 Å². The lowest BCUT2D eigenvalue weighted by molar-refractivity contribution is -0.0424. The van der Waals surface area contributed by atoms with Gasteiger partial charge in [0.25, 0.3) is 11.8 Å². The van der Waals surface area contributed by atoms with Crippen LogP contribution in [0.25, 0.3) is 0 Å². The molecule has 4 rings (SSSR count). The van der Waals surface area contributed by atoms with Crippen molar-refractivity contribution in [3.63, 3.8) is 0 Å². The second-order valence-electron chi connectivity index (χ2n) is 10.4. The lowest BCUT2D eigenvalue weighted by Gasteiger charge is -2.34. The maximum atomic E-state index is 14.4. The number of hydrogen-bond donors (Lipinski definition) is 1. The van der Waals surface area contributed by atoms with Gasteiger partial charge in [0, 0.05) is 24.1 Å². The fraction of sp³-hybridized carbons (Fsp3) is 0.720. The van der Waals surface area contributed by atoms with Crippen molar-refractivity contribution in [1.29, 1.82) is 0 Å². The van der Waals surface area contributed by atoms with Crippen LogP contribution in [0.2, 0.25) is 0 Å². The van der Waals surface area contributed by atoms with Crippen LogP contribution in [0.5, 0.6) is 5.75 Å². The highest BCUT2D eigenvalue weighted by Crippen LogP contribution is 2.50. The molecular weight excluding hydrogens is 436 g/mol. The quantitative estimate of drug-likeness (QED) is 0.465. The number of likely N-dealkylation sites (tertiary alicyclic amines) is 1. The predicted molar refractivity (Wildman–Crippen MR) is 118 cm³/mol. The number of rotatable bonds is 10. The molecule has 1 aromatic rings. The van der Waals surface area contributed by atoms with Gasteiger partial charge in [0.05, 0.1) is 13.2 Å². The normalized spacial score (nSPS) is 25.0. The number of carbonyl (C=O) groups excluding carboxylic acids is 1. The first kappa shape index (κ1) is 24.3. The summed E-state index contributed by atoms with van der Waals surface area (Å²) in [5, 5.41) is 2.67. The lowest BCUT2D eigenvalue weighted by atomic mass is 9.90. The Labute approximate surface area is 193 Å². The Hall–Kier alpha value is -1.83. The second kappa shape index (κ2) is 9.43. The van der Waals surface area contributed by atoms with Gasteiger partial charge in [0.1, 0.15) is 22.9 Å². The van der Waals surface area contributed by atoms with Crippen molar-refractivity contribution in [3.05, 3.63) is 29.3 Å². The molecule has 1 aliphatic heterocycles. The first-order chi connectivity index (χ1) is 15.6. The summed E-state index contributed by atoms with van der Waals surface area (Å²) in [4.78, 5) is 14.1. The summed E-state index contributed by atoms with van der Waals surface area (Å²) < 4.78 is 61.6. The molecule has 2 atom stereocenters. The monoisotopic (exact) mass is 470 g/mol. The molecule has 4 nitrogen and oxygen atoms in total. The number of nitrogens with one attached hydrogen (secondary N) is 1. The molecule has 3 aliphatic rings. The molecule has 33 heavy (non-hydrogen) atoms. The van der Waals surface area contributed by atoms with Gasteiger partial charge in [-0.05, 0) is 76.3 Å². The van der Waals surface area contributed by atoms with Crippen LogP contribution in [0, 0.1) is 29.4 Å². The Morgan fingerprint density at radius 2 is 1.85 bits per heavy atom. The van der Waals surface area contributed by atoms with Crippen LogP contribution in [0.15, 0.2) is 12.1 Å². The summed E-state index contributed by atoms with van der Waals surface area (Å²) in [6.07, 6.45) is 5.27. The fourth-order valence-corrected chi connectivity index (χ4v) is 4.99. The van der Waals surface area contributed by atoms with Crippen molar-refractivity contribution in [1.82, 2.24) is 10.2 Å². The molecule has 1 saturated heterocycles. The Morgan fingerprint density at radius 1 is 1.21 bits per heavy atom. The second-order valence-corrected chi connectivity index (χ2v) is 10.4. The maximum Gasteiger partial charge on any atom is 0.260 e. The van der Waals surface area contributed by atoms with Gasteiger partial charge in [0.15, 0.2) is 0 Å². The van der Waals surface area contributed by atoms with E-state index in [-0.39, 0.29) is 24.3 Å². The van der Waals surface area contributed by atoms with Crippen molar-refractivity contribution < 1.29 is 27.1 Å². The molecule has 0 aromatic heterocycles. The summed E-state index contributed by atoms with van der Waals surface area (Å²) in [5.41, 5.74) is -0.927. The van der Waals surface area contributed by atoms with Crippen molar-refractivity contribution in [3.8, 4) is 5.75 Å². The smallest absolute Gasteiger partial charge is 0.260 e. The van der Waals surface area contributed by atoms with Gasteiger partial charge in [-0.25, -0.2) is 17.6 Å². The number of piperidine rings is 1. The highest BCUT2D eigenvalue weighted by Gasteiger charge is 2.44. The molecule has 3 fully saturated rings. The number of nitrogens with zero attached hydrogens (tertiary/aromatic N) is 1. The highest BCUT2D eigenvalue weighted by molar-refractivity contribution is 5.95. The SMILES string of the molecule is CCC(F)(F)CN1CCC([C@H]2CC2CCOc2cc(F)c(C(=O)NC3(C)CC3)c(F)c2)CC1. The third kappa shape index (κ3) is 6.19. The van der Waals surface area contributed by atoms with Crippen LogP contribution >= 0.6 is 0 Å². The predicted octanol–water partition coefficient (Wildman–Crippen LogP) is 5.41. The van der Waals surface area contributed by atoms with E-state index in [2.05, 4.69) is 5.32 Å². The van der Waals surface area contributed by atoms with E-state index >= 15 is 0 Å². The minimum Gasteiger partial charge on any atom is -0.493 e. The average molecular weight is 471 g/mol. The van der Waals surface area contributed by atoms with Crippen molar-refractivity contribution in [2.45, 2.75) is 70.3 Å². The van der Waals surface area contributed by atoms with Gasteiger partial charge in [0.2, 0.25) is 0 Å². The molecule has 2 aliphatic carbocycles. The van der Waals surface area contributed by atoms with Gasteiger partial charge >= 0.3 is 0 Å². The lowest BCUT2D eigenvalue weighted by Crippen LogP contribution is -2.41. The molecule has 8 heteroatoms. The van der Waals surface area contributed by atoms with E-state index < -0.39 is 29.0 Å². The summed E-state index contributed by atoms with van der Waals surface area (Å²) in [6.45, 7) is 5.01. The molecule has 1 unspecified atom stereocenters. The van der Waals surface area contributed by atoms with Gasteiger partial charge in [-0.2, -0.15) is 0 Å². The van der Waals surface area contributed by atoms with E-state index in [1.165, 1.54) is 6.92 Å². The molecule has 0 spiro atoms. The van der Waals surface area contributed by atoms with Crippen molar-refractivity contribution in [2.75, 3.05) is 26.2 Å². The number of benzene rings is 1. The molecular formula is C25H34F4N2O2. The van der Waals surface area contributed by atoms with Gasteiger partial charge in [-0.15, -0.1) is 0 Å². The van der Waals surface area contributed by atoms with Crippen molar-refractivity contribution >= 4 is 5.91 Å². The number of hydrogen-bond acceptors (Lipinski definition) is 3. The van der Waals surface area contributed by atoms with Gasteiger partial charge in [-0.1, -0.05) is 6.92 Å². The first-order valence-electron chi connectivity index (χ1n) is 12.1. The molecule has 184 valence electrons. The van der Waals surface area contributed by atoms with Crippen LogP contribution in [0.4, 0.5) is 17.6 Å². The maximum absolute atomic E-state index is 14.4. The molecule has 1 aromatic carbocycles. The van der Waals surface area contributed by atoms with Crippen LogP contribution in [-0.2, 0) is 0 Å². The van der Waals surface area contributed by atoms with E-state index in [0.29, 0.717) is 24.4 Å². The van der Waals surface area contributed by atoms with E-state index in [9.17, 15) is 22.4 Å². The third-order valence-electron chi connectivity index (χ3n) is 7.60. The minimum atomic E-state index is -2.61. The largest absolute Gasteiger partial charge is 0.493 e. The molecule has 1 heterocycles. The topological polar surface area (TPSA) is 41.6 Å². The molecule has 2 saturated carbocycles. The van der Waals surface area contributed by atoms with Gasteiger partial charge < -0.3 is 10.1 Å². The molecule has 0 bridgehead atoms. The number of ether oxygens (including phenoxy) is 1. The fourth-order valence-electron chi connectivity index (χ4n) is 4.99. The Bertz CT molecular complexity index is 843. The van der Waals surface area contributed by atoms with Crippen LogP contribution in [0.3, 0.4) is 0 Å². The molecule has 0 radical (unpaired) electrons. The van der Waals surface area contributed by atoms with E-state index in [1.807, 2.05) is 11.8 Å².